The van der Waals surface area contributed by atoms with Crippen LogP contribution in [0.3, 0.4) is 0 Å². The normalized spacial score (nSPS) is 27.9. The Morgan fingerprint density at radius 2 is 2.18 bits per heavy atom. The van der Waals surface area contributed by atoms with Crippen LogP contribution >= 0.6 is 23.4 Å². The lowest BCUT2D eigenvalue weighted by Gasteiger charge is -2.39. The van der Waals surface area contributed by atoms with Gasteiger partial charge in [-0.05, 0) is 60.6 Å². The van der Waals surface area contributed by atoms with Gasteiger partial charge in [-0.3, -0.25) is 9.36 Å². The summed E-state index contributed by atoms with van der Waals surface area (Å²) in [5, 5.41) is 12.9. The lowest BCUT2D eigenvalue weighted by atomic mass is 9.69. The maximum absolute atomic E-state index is 12.7. The van der Waals surface area contributed by atoms with Crippen molar-refractivity contribution in [3.8, 4) is 5.69 Å². The molecule has 150 valence electrons. The Kier molecular flexibility index (Phi) is 4.99. The second kappa shape index (κ2) is 7.06. The molecule has 3 unspecified atom stereocenters. The maximum Gasteiger partial charge on any atom is 0.230 e. The van der Waals surface area contributed by atoms with E-state index in [0.29, 0.717) is 27.3 Å². The lowest BCUT2D eigenvalue weighted by molar-refractivity contribution is -0.120. The summed E-state index contributed by atoms with van der Waals surface area (Å²) >= 11 is 7.65. The van der Waals surface area contributed by atoms with Crippen molar-refractivity contribution in [3.05, 3.63) is 35.1 Å². The number of nitrogens with zero attached hydrogens (tertiary/aromatic N) is 3. The summed E-state index contributed by atoms with van der Waals surface area (Å²) in [5.74, 6) is 1.11. The summed E-state index contributed by atoms with van der Waals surface area (Å²) in [6.07, 6.45) is 5.23. The molecule has 0 radical (unpaired) electrons. The van der Waals surface area contributed by atoms with Gasteiger partial charge in [-0.2, -0.15) is 0 Å². The van der Waals surface area contributed by atoms with Gasteiger partial charge in [0.25, 0.3) is 0 Å². The Hall–Kier alpha value is -1.53. The van der Waals surface area contributed by atoms with Gasteiger partial charge < -0.3 is 5.32 Å². The Balaban J connectivity index is 1.40. The molecule has 0 saturated heterocycles. The van der Waals surface area contributed by atoms with E-state index in [4.69, 9.17) is 11.6 Å². The van der Waals surface area contributed by atoms with Crippen LogP contribution in [0, 0.1) is 23.7 Å². The second-order valence-electron chi connectivity index (χ2n) is 8.94. The van der Waals surface area contributed by atoms with E-state index in [1.54, 1.807) is 6.33 Å². The zero-order chi connectivity index (χ0) is 20.1. The van der Waals surface area contributed by atoms with Crippen LogP contribution in [0.4, 0.5) is 0 Å². The molecule has 1 N–H and O–H groups in total. The molecule has 28 heavy (non-hydrogen) atoms. The minimum absolute atomic E-state index is 0.0658. The van der Waals surface area contributed by atoms with Crippen LogP contribution in [0.2, 0.25) is 5.02 Å². The number of hydrogen-bond donors (Lipinski definition) is 1. The van der Waals surface area contributed by atoms with Gasteiger partial charge in [-0.25, -0.2) is 0 Å². The topological polar surface area (TPSA) is 59.8 Å². The van der Waals surface area contributed by atoms with Crippen LogP contribution in [-0.2, 0) is 4.79 Å². The van der Waals surface area contributed by atoms with E-state index < -0.39 is 0 Å². The number of rotatable bonds is 5. The lowest BCUT2D eigenvalue weighted by Crippen LogP contribution is -2.47. The van der Waals surface area contributed by atoms with Crippen molar-refractivity contribution in [1.82, 2.24) is 20.1 Å². The van der Waals surface area contributed by atoms with Crippen LogP contribution in [0.5, 0.6) is 0 Å². The van der Waals surface area contributed by atoms with Crippen molar-refractivity contribution in [2.45, 2.75) is 58.2 Å². The molecule has 1 heterocycles. The molecule has 0 aliphatic heterocycles. The third-order valence-corrected chi connectivity index (χ3v) is 8.76. The van der Waals surface area contributed by atoms with E-state index in [2.05, 4.69) is 36.3 Å². The number of carbonyl (C=O) groups is 1. The van der Waals surface area contributed by atoms with Crippen LogP contribution in [0.25, 0.3) is 5.69 Å². The summed E-state index contributed by atoms with van der Waals surface area (Å²) in [6, 6.07) is 6.11. The summed E-state index contributed by atoms with van der Waals surface area (Å²) in [6.45, 7) is 9.03. The smallest absolute Gasteiger partial charge is 0.230 e. The summed E-state index contributed by atoms with van der Waals surface area (Å²) in [7, 11) is 0. The Morgan fingerprint density at radius 1 is 1.39 bits per heavy atom. The number of fused-ring (bicyclic) bond motifs is 2. The molecule has 1 amide bonds. The Bertz CT molecular complexity index is 912. The third-order valence-electron chi connectivity index (χ3n) is 7.41. The number of nitrogens with one attached hydrogen (secondary N) is 1. The van der Waals surface area contributed by atoms with Crippen molar-refractivity contribution in [2.24, 2.45) is 16.7 Å². The van der Waals surface area contributed by atoms with Gasteiger partial charge in [-0.1, -0.05) is 50.2 Å². The van der Waals surface area contributed by atoms with Gasteiger partial charge in [0.2, 0.25) is 5.91 Å². The van der Waals surface area contributed by atoms with Gasteiger partial charge in [0.05, 0.1) is 11.4 Å². The molecule has 2 bridgehead atoms. The fraction of sp³-hybridized carbons (Fsp3) is 0.571. The van der Waals surface area contributed by atoms with E-state index >= 15 is 0 Å². The zero-order valence-electron chi connectivity index (χ0n) is 16.8. The van der Waals surface area contributed by atoms with Crippen molar-refractivity contribution >= 4 is 29.3 Å². The highest BCUT2D eigenvalue weighted by molar-refractivity contribution is 7.99. The quantitative estimate of drug-likeness (QED) is 0.718. The first-order valence-electron chi connectivity index (χ1n) is 9.81. The van der Waals surface area contributed by atoms with E-state index in [1.165, 1.54) is 24.6 Å². The van der Waals surface area contributed by atoms with E-state index in [9.17, 15) is 4.79 Å². The van der Waals surface area contributed by atoms with Crippen LogP contribution < -0.4 is 5.32 Å². The highest BCUT2D eigenvalue weighted by Crippen LogP contribution is 2.65. The molecule has 7 heteroatoms. The van der Waals surface area contributed by atoms with Gasteiger partial charge in [0.1, 0.15) is 6.33 Å². The largest absolute Gasteiger partial charge is 0.352 e. The highest BCUT2D eigenvalue weighted by atomic mass is 35.5. The molecule has 2 aliphatic carbocycles. The molecule has 2 fully saturated rings. The SMILES string of the molecule is Cc1ccc(-n2cnnc2SCC(=O)NC2CC3CCC2(C)C3(C)C)cc1Cl. The van der Waals surface area contributed by atoms with Crippen molar-refractivity contribution < 1.29 is 4.79 Å². The summed E-state index contributed by atoms with van der Waals surface area (Å²) in [4.78, 5) is 12.7. The molecule has 4 rings (SSSR count). The van der Waals surface area contributed by atoms with Crippen LogP contribution in [0.15, 0.2) is 29.7 Å². The minimum atomic E-state index is 0.0658. The fourth-order valence-electron chi connectivity index (χ4n) is 5.02. The monoisotopic (exact) mass is 418 g/mol. The van der Waals surface area contributed by atoms with Gasteiger partial charge in [0, 0.05) is 11.1 Å². The summed E-state index contributed by atoms with van der Waals surface area (Å²) in [5.41, 5.74) is 2.40. The van der Waals surface area contributed by atoms with E-state index in [-0.39, 0.29) is 17.4 Å². The van der Waals surface area contributed by atoms with E-state index in [0.717, 1.165) is 17.7 Å². The Morgan fingerprint density at radius 3 is 2.82 bits per heavy atom. The average Bonchev–Trinajstić information content (AvgIpc) is 3.25. The van der Waals surface area contributed by atoms with Crippen molar-refractivity contribution in [2.75, 3.05) is 5.75 Å². The van der Waals surface area contributed by atoms with E-state index in [1.807, 2.05) is 29.7 Å². The number of aromatic nitrogens is 3. The molecule has 0 spiro atoms. The second-order valence-corrected chi connectivity index (χ2v) is 10.3. The van der Waals surface area contributed by atoms with Crippen molar-refractivity contribution in [3.63, 3.8) is 0 Å². The molecule has 2 saturated carbocycles. The third kappa shape index (κ3) is 3.14. The minimum Gasteiger partial charge on any atom is -0.352 e. The number of halogens is 1. The predicted molar refractivity (Wildman–Crippen MR) is 113 cm³/mol. The number of benzene rings is 1. The first kappa shape index (κ1) is 19.8. The average molecular weight is 419 g/mol. The van der Waals surface area contributed by atoms with Crippen LogP contribution in [0.1, 0.15) is 45.6 Å². The maximum atomic E-state index is 12.7. The van der Waals surface area contributed by atoms with Crippen LogP contribution in [-0.4, -0.2) is 32.5 Å². The predicted octanol–water partition coefficient (Wildman–Crippen LogP) is 4.65. The molecule has 1 aromatic carbocycles. The number of thioether (sulfide) groups is 1. The molecule has 1 aromatic heterocycles. The number of aryl methyl sites for hydroxylation is 1. The molecule has 5 nitrogen and oxygen atoms in total. The Labute approximate surface area is 175 Å². The molecule has 2 aromatic rings. The first-order valence-corrected chi connectivity index (χ1v) is 11.2. The van der Waals surface area contributed by atoms with Gasteiger partial charge in [-0.15, -0.1) is 10.2 Å². The number of amides is 1. The molecular formula is C21H27ClN4OS. The van der Waals surface area contributed by atoms with Gasteiger partial charge in [0.15, 0.2) is 5.16 Å². The van der Waals surface area contributed by atoms with Gasteiger partial charge >= 0.3 is 0 Å². The first-order chi connectivity index (χ1) is 13.2. The highest BCUT2D eigenvalue weighted by Gasteiger charge is 2.61. The standard InChI is InChI=1S/C21H27ClN4OS/c1-13-5-6-15(10-16(13)22)26-12-23-25-19(26)28-11-18(27)24-17-9-14-7-8-21(17,4)20(14,2)3/h5-6,10,12,14,17H,7-9,11H2,1-4H3,(H,24,27). The summed E-state index contributed by atoms with van der Waals surface area (Å²) < 4.78 is 1.87. The molecule has 3 atom stereocenters. The number of carbonyl (C=O) groups excluding carboxylic acids is 1. The zero-order valence-corrected chi connectivity index (χ0v) is 18.4. The number of hydrogen-bond acceptors (Lipinski definition) is 4. The molecular weight excluding hydrogens is 392 g/mol. The van der Waals surface area contributed by atoms with Crippen molar-refractivity contribution in [1.29, 1.82) is 0 Å². The molecule has 2 aliphatic rings. The fourth-order valence-corrected chi connectivity index (χ4v) is 5.93.